The summed E-state index contributed by atoms with van der Waals surface area (Å²) in [5, 5.41) is 4.73. The van der Waals surface area contributed by atoms with Crippen LogP contribution in [0.3, 0.4) is 0 Å². The van der Waals surface area contributed by atoms with E-state index >= 15 is 0 Å². The van der Waals surface area contributed by atoms with Crippen LogP contribution in [0.25, 0.3) is 10.8 Å². The second-order valence-corrected chi connectivity index (χ2v) is 11.0. The third-order valence-electron chi connectivity index (χ3n) is 5.49. The standard InChI is InChI=1S/C23H32N2O4S/c1-23(2,3)25-22(26)29-16-18-10-8-17(9-11-18)15-24-30(27,28)21-13-12-19-6-4-5-7-20(19)14-21/h4-7,12-14,17-18,24H,8-11,15-16H2,1-3H3,(H,25,26). The molecule has 1 fully saturated rings. The number of amides is 1. The van der Waals surface area contributed by atoms with Crippen LogP contribution in [0, 0.1) is 11.8 Å². The number of sulfonamides is 1. The van der Waals surface area contributed by atoms with E-state index in [1.165, 1.54) is 0 Å². The molecule has 0 bridgehead atoms. The van der Waals surface area contributed by atoms with Gasteiger partial charge in [0.15, 0.2) is 0 Å². The molecule has 1 aliphatic carbocycles. The van der Waals surface area contributed by atoms with Crippen molar-refractivity contribution < 1.29 is 17.9 Å². The van der Waals surface area contributed by atoms with E-state index < -0.39 is 10.0 Å². The van der Waals surface area contributed by atoms with Crippen molar-refractivity contribution in [1.29, 1.82) is 0 Å². The van der Waals surface area contributed by atoms with E-state index in [1.807, 2.05) is 51.1 Å². The Kier molecular flexibility index (Phi) is 7.03. The van der Waals surface area contributed by atoms with E-state index in [0.29, 0.717) is 29.9 Å². The van der Waals surface area contributed by atoms with E-state index in [2.05, 4.69) is 10.0 Å². The smallest absolute Gasteiger partial charge is 0.407 e. The summed E-state index contributed by atoms with van der Waals surface area (Å²) in [6, 6.07) is 12.9. The predicted octanol–water partition coefficient (Wildman–Crippen LogP) is 4.45. The van der Waals surface area contributed by atoms with Gasteiger partial charge in [-0.2, -0.15) is 0 Å². The van der Waals surface area contributed by atoms with Crippen molar-refractivity contribution in [2.45, 2.75) is 56.9 Å². The summed E-state index contributed by atoms with van der Waals surface area (Å²) in [4.78, 5) is 12.1. The van der Waals surface area contributed by atoms with Crippen LogP contribution in [-0.4, -0.2) is 33.2 Å². The number of carbonyl (C=O) groups is 1. The largest absolute Gasteiger partial charge is 0.449 e. The third kappa shape index (κ3) is 6.44. The summed E-state index contributed by atoms with van der Waals surface area (Å²) < 4.78 is 33.5. The van der Waals surface area contributed by atoms with Crippen LogP contribution >= 0.6 is 0 Å². The summed E-state index contributed by atoms with van der Waals surface area (Å²) in [6.45, 7) is 6.60. The first-order valence-corrected chi connectivity index (χ1v) is 12.0. The number of alkyl carbamates (subject to hydrolysis) is 1. The number of benzene rings is 2. The van der Waals surface area contributed by atoms with Gasteiger partial charge in [0.05, 0.1) is 11.5 Å². The molecule has 0 spiro atoms. The van der Waals surface area contributed by atoms with Gasteiger partial charge in [-0.25, -0.2) is 17.9 Å². The molecule has 0 heterocycles. The number of carbonyl (C=O) groups excluding carboxylic acids is 1. The first kappa shape index (κ1) is 22.6. The Morgan fingerprint density at radius 1 is 1.00 bits per heavy atom. The molecule has 2 aromatic rings. The Hall–Kier alpha value is -2.12. The zero-order chi connectivity index (χ0) is 21.8. The van der Waals surface area contributed by atoms with Crippen LogP contribution in [-0.2, 0) is 14.8 Å². The van der Waals surface area contributed by atoms with Gasteiger partial charge in [-0.05, 0) is 81.2 Å². The molecule has 1 aliphatic rings. The van der Waals surface area contributed by atoms with Crippen LogP contribution in [0.2, 0.25) is 0 Å². The van der Waals surface area contributed by atoms with Crippen LogP contribution in [0.15, 0.2) is 47.4 Å². The van der Waals surface area contributed by atoms with Crippen molar-refractivity contribution in [3.8, 4) is 0 Å². The number of ether oxygens (including phenoxy) is 1. The lowest BCUT2D eigenvalue weighted by Crippen LogP contribution is -2.41. The molecular weight excluding hydrogens is 400 g/mol. The molecule has 2 N–H and O–H groups in total. The average molecular weight is 433 g/mol. The van der Waals surface area contributed by atoms with E-state index in [9.17, 15) is 13.2 Å². The molecular formula is C23H32N2O4S. The fraction of sp³-hybridized carbons (Fsp3) is 0.522. The maximum Gasteiger partial charge on any atom is 0.407 e. The molecule has 0 aliphatic heterocycles. The molecule has 2 aromatic carbocycles. The van der Waals surface area contributed by atoms with Crippen LogP contribution < -0.4 is 10.0 Å². The summed E-state index contributed by atoms with van der Waals surface area (Å²) in [7, 11) is -3.53. The predicted molar refractivity (Wildman–Crippen MR) is 119 cm³/mol. The zero-order valence-corrected chi connectivity index (χ0v) is 18.8. The molecule has 1 amide bonds. The lowest BCUT2D eigenvalue weighted by molar-refractivity contribution is 0.103. The second-order valence-electron chi connectivity index (χ2n) is 9.22. The lowest BCUT2D eigenvalue weighted by Gasteiger charge is -2.28. The number of hydrogen-bond donors (Lipinski definition) is 2. The van der Waals surface area contributed by atoms with Gasteiger partial charge in [0, 0.05) is 12.1 Å². The van der Waals surface area contributed by atoms with Crippen molar-refractivity contribution in [1.82, 2.24) is 10.0 Å². The Labute approximate surface area is 179 Å². The number of fused-ring (bicyclic) bond motifs is 1. The van der Waals surface area contributed by atoms with Gasteiger partial charge in [-0.15, -0.1) is 0 Å². The lowest BCUT2D eigenvalue weighted by atomic mass is 9.82. The Morgan fingerprint density at radius 2 is 1.63 bits per heavy atom. The van der Waals surface area contributed by atoms with E-state index in [4.69, 9.17) is 4.74 Å². The molecule has 164 valence electrons. The molecule has 0 atom stereocenters. The fourth-order valence-corrected chi connectivity index (χ4v) is 4.93. The normalized spacial score (nSPS) is 20.1. The van der Waals surface area contributed by atoms with Gasteiger partial charge in [-0.3, -0.25) is 0 Å². The summed E-state index contributed by atoms with van der Waals surface area (Å²) in [5.74, 6) is 0.643. The minimum absolute atomic E-state index is 0.299. The number of hydrogen-bond acceptors (Lipinski definition) is 4. The van der Waals surface area contributed by atoms with Gasteiger partial charge >= 0.3 is 6.09 Å². The van der Waals surface area contributed by atoms with Crippen molar-refractivity contribution in [3.63, 3.8) is 0 Å². The molecule has 30 heavy (non-hydrogen) atoms. The highest BCUT2D eigenvalue weighted by Crippen LogP contribution is 2.29. The van der Waals surface area contributed by atoms with Gasteiger partial charge in [-0.1, -0.05) is 30.3 Å². The quantitative estimate of drug-likeness (QED) is 0.706. The molecule has 6 nitrogen and oxygen atoms in total. The number of nitrogens with one attached hydrogen (secondary N) is 2. The molecule has 0 aromatic heterocycles. The van der Waals surface area contributed by atoms with Crippen LogP contribution in [0.4, 0.5) is 4.79 Å². The molecule has 0 unspecified atom stereocenters. The maximum atomic E-state index is 12.7. The highest BCUT2D eigenvalue weighted by atomic mass is 32.2. The Morgan fingerprint density at radius 3 is 2.30 bits per heavy atom. The van der Waals surface area contributed by atoms with Crippen molar-refractivity contribution in [2.75, 3.05) is 13.2 Å². The molecule has 0 saturated heterocycles. The topological polar surface area (TPSA) is 84.5 Å². The van der Waals surface area contributed by atoms with Crippen molar-refractivity contribution >= 4 is 26.9 Å². The minimum Gasteiger partial charge on any atom is -0.449 e. The zero-order valence-electron chi connectivity index (χ0n) is 18.0. The highest BCUT2D eigenvalue weighted by molar-refractivity contribution is 7.89. The highest BCUT2D eigenvalue weighted by Gasteiger charge is 2.25. The van der Waals surface area contributed by atoms with Crippen molar-refractivity contribution in [2.24, 2.45) is 11.8 Å². The molecule has 0 radical (unpaired) electrons. The first-order valence-electron chi connectivity index (χ1n) is 10.6. The molecule has 3 rings (SSSR count). The Balaban J connectivity index is 1.45. The summed E-state index contributed by atoms with van der Waals surface area (Å²) in [5.41, 5.74) is -0.309. The van der Waals surface area contributed by atoms with Gasteiger partial charge in [0.1, 0.15) is 0 Å². The third-order valence-corrected chi connectivity index (χ3v) is 6.91. The SMILES string of the molecule is CC(C)(C)NC(=O)OCC1CCC(CNS(=O)(=O)c2ccc3ccccc3c2)CC1. The summed E-state index contributed by atoms with van der Waals surface area (Å²) in [6.07, 6.45) is 3.34. The minimum atomic E-state index is -3.53. The average Bonchev–Trinajstić information content (AvgIpc) is 2.70. The number of rotatable bonds is 6. The fourth-order valence-electron chi connectivity index (χ4n) is 3.78. The first-order chi connectivity index (χ1) is 14.1. The molecule has 1 saturated carbocycles. The maximum absolute atomic E-state index is 12.7. The Bertz CT molecular complexity index is 974. The van der Waals surface area contributed by atoms with E-state index in [1.54, 1.807) is 12.1 Å². The van der Waals surface area contributed by atoms with Crippen LogP contribution in [0.1, 0.15) is 46.5 Å². The molecule has 7 heteroatoms. The van der Waals surface area contributed by atoms with E-state index in [-0.39, 0.29) is 11.6 Å². The van der Waals surface area contributed by atoms with Gasteiger partial charge in [0.2, 0.25) is 10.0 Å². The van der Waals surface area contributed by atoms with Gasteiger partial charge in [0.25, 0.3) is 0 Å². The summed E-state index contributed by atoms with van der Waals surface area (Å²) >= 11 is 0. The van der Waals surface area contributed by atoms with E-state index in [0.717, 1.165) is 36.5 Å². The second kappa shape index (κ2) is 9.35. The van der Waals surface area contributed by atoms with Gasteiger partial charge < -0.3 is 10.1 Å². The monoisotopic (exact) mass is 432 g/mol. The van der Waals surface area contributed by atoms with Crippen molar-refractivity contribution in [3.05, 3.63) is 42.5 Å². The van der Waals surface area contributed by atoms with Crippen LogP contribution in [0.5, 0.6) is 0 Å².